The first kappa shape index (κ1) is 16.2. The Morgan fingerprint density at radius 1 is 1.30 bits per heavy atom. The molecule has 7 nitrogen and oxygen atoms in total. The number of halogens is 1. The first-order valence-electron chi connectivity index (χ1n) is 6.51. The summed E-state index contributed by atoms with van der Waals surface area (Å²) in [6, 6.07) is 10.6. The van der Waals surface area contributed by atoms with Gasteiger partial charge in [-0.2, -0.15) is 0 Å². The van der Waals surface area contributed by atoms with Crippen molar-refractivity contribution in [1.29, 1.82) is 0 Å². The zero-order valence-electron chi connectivity index (χ0n) is 12.1. The predicted molar refractivity (Wildman–Crippen MR) is 79.9 cm³/mol. The molecule has 0 fully saturated rings. The Hall–Kier alpha value is -3.16. The summed E-state index contributed by atoms with van der Waals surface area (Å²) in [4.78, 5) is 22.0. The molecule has 0 bridgehead atoms. The first-order valence-corrected chi connectivity index (χ1v) is 6.51. The molecule has 8 heteroatoms. The first-order chi connectivity index (χ1) is 11.0. The van der Waals surface area contributed by atoms with Gasteiger partial charge in [-0.15, -0.1) is 0 Å². The van der Waals surface area contributed by atoms with Crippen LogP contribution in [-0.4, -0.2) is 18.1 Å². The van der Waals surface area contributed by atoms with Crippen molar-refractivity contribution >= 4 is 17.5 Å². The number of nitro benzene ring substituents is 1. The Morgan fingerprint density at radius 3 is 2.61 bits per heavy atom. The number of anilines is 1. The molecule has 2 rings (SSSR count). The highest BCUT2D eigenvalue weighted by Crippen LogP contribution is 2.31. The van der Waals surface area contributed by atoms with Gasteiger partial charge in [0.15, 0.2) is 11.6 Å². The summed E-state index contributed by atoms with van der Waals surface area (Å²) in [5, 5.41) is 13.2. The maximum atomic E-state index is 13.7. The fraction of sp³-hybridized carbons (Fsp3) is 0.133. The smallest absolute Gasteiger partial charge is 0.412 e. The molecular weight excluding hydrogens is 307 g/mol. The van der Waals surface area contributed by atoms with Gasteiger partial charge in [0.05, 0.1) is 18.1 Å². The molecule has 0 unspecified atom stereocenters. The lowest BCUT2D eigenvalue weighted by molar-refractivity contribution is -0.384. The SMILES string of the molecule is COc1cc([N+](=O)[O-])c(NC(=O)OCc2ccccc2)cc1F. The average Bonchev–Trinajstić information content (AvgIpc) is 2.54. The molecular formula is C15H13FN2O5. The minimum Gasteiger partial charge on any atom is -0.493 e. The zero-order valence-corrected chi connectivity index (χ0v) is 12.1. The topological polar surface area (TPSA) is 90.7 Å². The van der Waals surface area contributed by atoms with Gasteiger partial charge in [-0.3, -0.25) is 15.4 Å². The van der Waals surface area contributed by atoms with E-state index in [0.29, 0.717) is 0 Å². The van der Waals surface area contributed by atoms with E-state index in [0.717, 1.165) is 17.7 Å². The van der Waals surface area contributed by atoms with E-state index in [-0.39, 0.29) is 18.0 Å². The third kappa shape index (κ3) is 4.16. The van der Waals surface area contributed by atoms with Gasteiger partial charge in [-0.25, -0.2) is 9.18 Å². The Bertz CT molecular complexity index is 721. The van der Waals surface area contributed by atoms with Crippen LogP contribution in [0, 0.1) is 15.9 Å². The quantitative estimate of drug-likeness (QED) is 0.672. The van der Waals surface area contributed by atoms with Crippen LogP contribution in [0.3, 0.4) is 0 Å². The molecule has 0 atom stereocenters. The Kier molecular flexibility index (Phi) is 5.08. The highest BCUT2D eigenvalue weighted by Gasteiger charge is 2.21. The third-order valence-corrected chi connectivity index (χ3v) is 2.92. The van der Waals surface area contributed by atoms with Crippen molar-refractivity contribution in [2.24, 2.45) is 0 Å². The number of amides is 1. The number of carbonyl (C=O) groups is 1. The van der Waals surface area contributed by atoms with Crippen LogP contribution in [0.15, 0.2) is 42.5 Å². The lowest BCUT2D eigenvalue weighted by Gasteiger charge is -2.09. The van der Waals surface area contributed by atoms with Gasteiger partial charge >= 0.3 is 6.09 Å². The summed E-state index contributed by atoms with van der Waals surface area (Å²) < 4.78 is 23.3. The second kappa shape index (κ2) is 7.21. The average molecular weight is 320 g/mol. The molecule has 1 N–H and O–H groups in total. The van der Waals surface area contributed by atoms with E-state index in [1.165, 1.54) is 7.11 Å². The van der Waals surface area contributed by atoms with Crippen molar-refractivity contribution in [2.75, 3.05) is 12.4 Å². The molecule has 0 aliphatic heterocycles. The number of nitrogens with one attached hydrogen (secondary N) is 1. The van der Waals surface area contributed by atoms with Gasteiger partial charge in [-0.05, 0) is 5.56 Å². The van der Waals surface area contributed by atoms with E-state index in [9.17, 15) is 19.3 Å². The van der Waals surface area contributed by atoms with Crippen LogP contribution in [0.5, 0.6) is 5.75 Å². The molecule has 0 saturated carbocycles. The van der Waals surface area contributed by atoms with Crippen molar-refractivity contribution in [3.8, 4) is 5.75 Å². The molecule has 23 heavy (non-hydrogen) atoms. The number of hydrogen-bond donors (Lipinski definition) is 1. The predicted octanol–water partition coefficient (Wildman–Crippen LogP) is 3.49. The summed E-state index contributed by atoms with van der Waals surface area (Å²) in [7, 11) is 1.18. The highest BCUT2D eigenvalue weighted by molar-refractivity contribution is 5.88. The third-order valence-electron chi connectivity index (χ3n) is 2.92. The Morgan fingerprint density at radius 2 is 2.00 bits per heavy atom. The van der Waals surface area contributed by atoms with Crippen LogP contribution in [0.25, 0.3) is 0 Å². The molecule has 0 radical (unpaired) electrons. The maximum absolute atomic E-state index is 13.7. The normalized spacial score (nSPS) is 10.0. The number of methoxy groups -OCH3 is 1. The molecule has 0 aliphatic rings. The van der Waals surface area contributed by atoms with Crippen LogP contribution in [0.1, 0.15) is 5.56 Å². The Labute approximate surface area is 130 Å². The van der Waals surface area contributed by atoms with Crippen LogP contribution in [0.2, 0.25) is 0 Å². The minimum atomic E-state index is -0.929. The van der Waals surface area contributed by atoms with Gasteiger partial charge in [0.1, 0.15) is 12.3 Å². The van der Waals surface area contributed by atoms with E-state index in [2.05, 4.69) is 10.1 Å². The largest absolute Gasteiger partial charge is 0.493 e. The summed E-state index contributed by atoms with van der Waals surface area (Å²) in [5.74, 6) is -1.13. The summed E-state index contributed by atoms with van der Waals surface area (Å²) >= 11 is 0. The molecule has 0 aliphatic carbocycles. The summed E-state index contributed by atoms with van der Waals surface area (Å²) in [5.41, 5.74) is -0.0654. The van der Waals surface area contributed by atoms with Gasteiger partial charge in [0.25, 0.3) is 5.69 Å². The van der Waals surface area contributed by atoms with Gasteiger partial charge < -0.3 is 9.47 Å². The van der Waals surface area contributed by atoms with Crippen molar-refractivity contribution in [3.05, 3.63) is 64.0 Å². The second-order valence-electron chi connectivity index (χ2n) is 4.45. The van der Waals surface area contributed by atoms with Crippen LogP contribution in [0.4, 0.5) is 20.6 Å². The molecule has 2 aromatic rings. The number of carbonyl (C=O) groups excluding carboxylic acids is 1. The highest BCUT2D eigenvalue weighted by atomic mass is 19.1. The molecule has 0 aromatic heterocycles. The van der Waals surface area contributed by atoms with Crippen molar-refractivity contribution in [3.63, 3.8) is 0 Å². The van der Waals surface area contributed by atoms with Crippen molar-refractivity contribution in [2.45, 2.75) is 6.61 Å². The van der Waals surface area contributed by atoms with Gasteiger partial charge in [0.2, 0.25) is 0 Å². The van der Waals surface area contributed by atoms with Crippen LogP contribution >= 0.6 is 0 Å². The Balaban J connectivity index is 2.11. The van der Waals surface area contributed by atoms with Crippen molar-refractivity contribution in [1.82, 2.24) is 0 Å². The molecule has 0 spiro atoms. The number of rotatable bonds is 5. The standard InChI is InChI=1S/C15H13FN2O5/c1-22-14-8-13(18(20)21)12(7-11(14)16)17-15(19)23-9-10-5-3-2-4-6-10/h2-8H,9H2,1H3,(H,17,19). The lowest BCUT2D eigenvalue weighted by atomic mass is 10.2. The van der Waals surface area contributed by atoms with E-state index >= 15 is 0 Å². The molecule has 2 aromatic carbocycles. The number of nitro groups is 1. The summed E-state index contributed by atoms with van der Waals surface area (Å²) in [6.45, 7) is -0.0148. The number of hydrogen-bond acceptors (Lipinski definition) is 5. The maximum Gasteiger partial charge on any atom is 0.412 e. The molecule has 0 heterocycles. The zero-order chi connectivity index (χ0) is 16.8. The van der Waals surface area contributed by atoms with E-state index in [1.807, 2.05) is 6.07 Å². The molecule has 0 saturated heterocycles. The number of benzene rings is 2. The lowest BCUT2D eigenvalue weighted by Crippen LogP contribution is -2.15. The van der Waals surface area contributed by atoms with Crippen LogP contribution < -0.4 is 10.1 Å². The minimum absolute atomic E-state index is 0.0148. The van der Waals surface area contributed by atoms with Gasteiger partial charge in [-0.1, -0.05) is 30.3 Å². The second-order valence-corrected chi connectivity index (χ2v) is 4.45. The van der Waals surface area contributed by atoms with E-state index < -0.39 is 22.5 Å². The molecule has 1 amide bonds. The number of ether oxygens (including phenoxy) is 2. The fourth-order valence-electron chi connectivity index (χ4n) is 1.82. The van der Waals surface area contributed by atoms with Crippen molar-refractivity contribution < 1.29 is 23.6 Å². The van der Waals surface area contributed by atoms with Crippen LogP contribution in [-0.2, 0) is 11.3 Å². The number of nitrogens with zero attached hydrogens (tertiary/aromatic N) is 1. The van der Waals surface area contributed by atoms with E-state index in [4.69, 9.17) is 4.74 Å². The summed E-state index contributed by atoms with van der Waals surface area (Å²) in [6.07, 6.45) is -0.929. The fourth-order valence-corrected chi connectivity index (χ4v) is 1.82. The molecule has 120 valence electrons. The monoisotopic (exact) mass is 320 g/mol. The van der Waals surface area contributed by atoms with E-state index in [1.54, 1.807) is 24.3 Å². The van der Waals surface area contributed by atoms with Gasteiger partial charge in [0, 0.05) is 6.07 Å².